The van der Waals surface area contributed by atoms with Crippen molar-refractivity contribution >= 4 is 34.8 Å². The molecule has 104 valence electrons. The van der Waals surface area contributed by atoms with E-state index in [9.17, 15) is 14.3 Å². The maximum Gasteiger partial charge on any atom is 0.258 e. The molecule has 0 radical (unpaired) electrons. The summed E-state index contributed by atoms with van der Waals surface area (Å²) in [6, 6.07) is 5.71. The van der Waals surface area contributed by atoms with Gasteiger partial charge in [-0.1, -0.05) is 23.2 Å². The summed E-state index contributed by atoms with van der Waals surface area (Å²) >= 11 is 11.4. The van der Waals surface area contributed by atoms with Crippen molar-refractivity contribution in [2.45, 2.75) is 0 Å². The van der Waals surface area contributed by atoms with Crippen LogP contribution in [0, 0.1) is 5.82 Å². The Balaban J connectivity index is 2.28. The smallest absolute Gasteiger partial charge is 0.258 e. The second-order valence-electron chi connectivity index (χ2n) is 3.91. The molecular formula is C13H8Cl2FNO3. The predicted octanol–water partition coefficient (Wildman–Crippen LogP) is 3.80. The summed E-state index contributed by atoms with van der Waals surface area (Å²) < 4.78 is 13.5. The Morgan fingerprint density at radius 2 is 1.70 bits per heavy atom. The van der Waals surface area contributed by atoms with Gasteiger partial charge < -0.3 is 15.5 Å². The minimum atomic E-state index is -0.863. The first-order chi connectivity index (χ1) is 9.38. The Morgan fingerprint density at radius 1 is 1.10 bits per heavy atom. The molecule has 0 atom stereocenters. The van der Waals surface area contributed by atoms with Crippen molar-refractivity contribution in [3.63, 3.8) is 0 Å². The van der Waals surface area contributed by atoms with Crippen molar-refractivity contribution in [2.75, 3.05) is 5.32 Å². The van der Waals surface area contributed by atoms with Gasteiger partial charge in [0.2, 0.25) is 0 Å². The summed E-state index contributed by atoms with van der Waals surface area (Å²) in [5.41, 5.74) is -0.0432. The maximum atomic E-state index is 13.5. The largest absolute Gasteiger partial charge is 0.508 e. The van der Waals surface area contributed by atoms with E-state index in [0.717, 1.165) is 12.1 Å². The average Bonchev–Trinajstić information content (AvgIpc) is 2.35. The third-order valence-corrected chi connectivity index (χ3v) is 3.05. The molecule has 4 nitrogen and oxygen atoms in total. The van der Waals surface area contributed by atoms with Crippen LogP contribution in [-0.2, 0) is 0 Å². The standard InChI is InChI=1S/C13H8Cl2FNO3/c14-9-3-6(4-10(15)12(9)19)17-13(20)8-2-1-7(18)5-11(8)16/h1-5,18-19H,(H,17,20). The summed E-state index contributed by atoms with van der Waals surface area (Å²) in [6.45, 7) is 0. The number of anilines is 1. The van der Waals surface area contributed by atoms with Crippen molar-refractivity contribution in [1.29, 1.82) is 0 Å². The van der Waals surface area contributed by atoms with E-state index < -0.39 is 11.7 Å². The quantitative estimate of drug-likeness (QED) is 0.738. The number of hydrogen-bond acceptors (Lipinski definition) is 3. The number of hydrogen-bond donors (Lipinski definition) is 3. The summed E-state index contributed by atoms with van der Waals surface area (Å²) in [7, 11) is 0. The van der Waals surface area contributed by atoms with Gasteiger partial charge in [-0.05, 0) is 24.3 Å². The molecule has 0 aliphatic rings. The van der Waals surface area contributed by atoms with Crippen LogP contribution in [0.4, 0.5) is 10.1 Å². The van der Waals surface area contributed by atoms with Crippen molar-refractivity contribution in [3.05, 3.63) is 51.8 Å². The van der Waals surface area contributed by atoms with Gasteiger partial charge in [0.1, 0.15) is 11.6 Å². The number of halogens is 3. The van der Waals surface area contributed by atoms with Gasteiger partial charge in [-0.15, -0.1) is 0 Å². The molecule has 0 saturated carbocycles. The molecule has 3 N–H and O–H groups in total. The summed E-state index contributed by atoms with van der Waals surface area (Å²) in [5.74, 6) is -2.18. The summed E-state index contributed by atoms with van der Waals surface area (Å²) in [4.78, 5) is 11.9. The first-order valence-electron chi connectivity index (χ1n) is 5.36. The Morgan fingerprint density at radius 3 is 2.25 bits per heavy atom. The van der Waals surface area contributed by atoms with Crippen molar-refractivity contribution in [2.24, 2.45) is 0 Å². The van der Waals surface area contributed by atoms with Gasteiger partial charge in [0.15, 0.2) is 5.75 Å². The molecule has 2 aromatic carbocycles. The molecule has 0 bridgehead atoms. The van der Waals surface area contributed by atoms with Crippen molar-refractivity contribution < 1.29 is 19.4 Å². The number of phenols is 2. The number of carbonyl (C=O) groups is 1. The Kier molecular flexibility index (Phi) is 4.01. The molecule has 1 amide bonds. The Hall–Kier alpha value is -1.98. The van der Waals surface area contributed by atoms with E-state index in [1.807, 2.05) is 0 Å². The lowest BCUT2D eigenvalue weighted by Gasteiger charge is -2.08. The van der Waals surface area contributed by atoms with E-state index in [-0.39, 0.29) is 32.8 Å². The summed E-state index contributed by atoms with van der Waals surface area (Å²) in [5, 5.41) is 20.8. The fraction of sp³-hybridized carbons (Fsp3) is 0. The highest BCUT2D eigenvalue weighted by Gasteiger charge is 2.14. The van der Waals surface area contributed by atoms with E-state index in [4.69, 9.17) is 28.3 Å². The van der Waals surface area contributed by atoms with Gasteiger partial charge in [0, 0.05) is 11.8 Å². The van der Waals surface area contributed by atoms with Crippen LogP contribution >= 0.6 is 23.2 Å². The van der Waals surface area contributed by atoms with Gasteiger partial charge in [-0.3, -0.25) is 4.79 Å². The normalized spacial score (nSPS) is 10.3. The van der Waals surface area contributed by atoms with Crippen LogP contribution < -0.4 is 5.32 Å². The number of aromatic hydroxyl groups is 2. The molecule has 0 aliphatic carbocycles. The monoisotopic (exact) mass is 315 g/mol. The zero-order chi connectivity index (χ0) is 14.9. The second-order valence-corrected chi connectivity index (χ2v) is 4.72. The zero-order valence-electron chi connectivity index (χ0n) is 9.82. The SMILES string of the molecule is O=C(Nc1cc(Cl)c(O)c(Cl)c1)c1ccc(O)cc1F. The Labute approximate surface area is 123 Å². The fourth-order valence-electron chi connectivity index (χ4n) is 1.52. The number of nitrogens with one attached hydrogen (secondary N) is 1. The highest BCUT2D eigenvalue weighted by atomic mass is 35.5. The van der Waals surface area contributed by atoms with E-state index in [1.54, 1.807) is 0 Å². The van der Waals surface area contributed by atoms with Gasteiger partial charge in [0.25, 0.3) is 5.91 Å². The van der Waals surface area contributed by atoms with Crippen LogP contribution in [0.15, 0.2) is 30.3 Å². The molecule has 0 fully saturated rings. The van der Waals surface area contributed by atoms with Gasteiger partial charge in [-0.2, -0.15) is 0 Å². The first-order valence-corrected chi connectivity index (χ1v) is 6.12. The number of amides is 1. The lowest BCUT2D eigenvalue weighted by molar-refractivity contribution is 0.102. The molecule has 20 heavy (non-hydrogen) atoms. The molecule has 2 rings (SSSR count). The van der Waals surface area contributed by atoms with Crippen LogP contribution in [0.25, 0.3) is 0 Å². The second kappa shape index (κ2) is 5.56. The van der Waals surface area contributed by atoms with Gasteiger partial charge in [0.05, 0.1) is 15.6 Å². The van der Waals surface area contributed by atoms with E-state index in [1.165, 1.54) is 18.2 Å². The van der Waals surface area contributed by atoms with Crippen LogP contribution in [0.1, 0.15) is 10.4 Å². The molecule has 0 heterocycles. The fourth-order valence-corrected chi connectivity index (χ4v) is 2.01. The molecule has 0 saturated heterocycles. The summed E-state index contributed by atoms with van der Waals surface area (Å²) in [6.07, 6.45) is 0. The lowest BCUT2D eigenvalue weighted by Crippen LogP contribution is -2.13. The maximum absolute atomic E-state index is 13.5. The van der Waals surface area contributed by atoms with Crippen LogP contribution in [0.2, 0.25) is 10.0 Å². The first kappa shape index (κ1) is 14.4. The molecule has 2 aromatic rings. The van der Waals surface area contributed by atoms with E-state index in [2.05, 4.69) is 5.32 Å². The molecule has 0 aliphatic heterocycles. The number of benzene rings is 2. The van der Waals surface area contributed by atoms with Gasteiger partial charge >= 0.3 is 0 Å². The van der Waals surface area contributed by atoms with Crippen molar-refractivity contribution in [3.8, 4) is 11.5 Å². The molecule has 0 spiro atoms. The highest BCUT2D eigenvalue weighted by Crippen LogP contribution is 2.34. The average molecular weight is 316 g/mol. The van der Waals surface area contributed by atoms with Crippen LogP contribution in [0.5, 0.6) is 11.5 Å². The zero-order valence-corrected chi connectivity index (χ0v) is 11.3. The number of phenolic OH excluding ortho intramolecular Hbond substituents is 2. The minimum absolute atomic E-state index is 0.0426. The molecule has 0 unspecified atom stereocenters. The lowest BCUT2D eigenvalue weighted by atomic mass is 10.2. The van der Waals surface area contributed by atoms with Crippen LogP contribution in [-0.4, -0.2) is 16.1 Å². The molecule has 7 heteroatoms. The predicted molar refractivity (Wildman–Crippen MR) is 74.1 cm³/mol. The van der Waals surface area contributed by atoms with E-state index in [0.29, 0.717) is 0 Å². The highest BCUT2D eigenvalue weighted by molar-refractivity contribution is 6.37. The van der Waals surface area contributed by atoms with Gasteiger partial charge in [-0.25, -0.2) is 4.39 Å². The number of carbonyl (C=O) groups excluding carboxylic acids is 1. The minimum Gasteiger partial charge on any atom is -0.508 e. The topological polar surface area (TPSA) is 69.6 Å². The third-order valence-electron chi connectivity index (χ3n) is 2.47. The molecular weight excluding hydrogens is 308 g/mol. The number of rotatable bonds is 2. The Bertz CT molecular complexity index is 668. The third kappa shape index (κ3) is 2.95. The molecule has 0 aromatic heterocycles. The van der Waals surface area contributed by atoms with Crippen LogP contribution in [0.3, 0.4) is 0 Å². The van der Waals surface area contributed by atoms with Crippen molar-refractivity contribution in [1.82, 2.24) is 0 Å². The van der Waals surface area contributed by atoms with E-state index >= 15 is 0 Å².